The van der Waals surface area contributed by atoms with E-state index in [1.807, 2.05) is 17.5 Å². The minimum atomic E-state index is 0.420. The van der Waals surface area contributed by atoms with Gasteiger partial charge in [-0.15, -0.1) is 11.3 Å². The van der Waals surface area contributed by atoms with Crippen molar-refractivity contribution in [1.82, 2.24) is 10.3 Å². The monoisotopic (exact) mass is 253 g/mol. The van der Waals surface area contributed by atoms with Gasteiger partial charge in [-0.05, 0) is 32.2 Å². The molecule has 1 aliphatic rings. The van der Waals surface area contributed by atoms with E-state index in [-0.39, 0.29) is 0 Å². The van der Waals surface area contributed by atoms with Crippen LogP contribution in [0.25, 0.3) is 0 Å². The molecule has 0 aromatic carbocycles. The smallest absolute Gasteiger partial charge is 0.185 e. The fraction of sp³-hybridized carbons (Fsp3) is 0.769. The van der Waals surface area contributed by atoms with Gasteiger partial charge in [0.15, 0.2) is 5.13 Å². The normalized spacial score (nSPS) is 17.8. The third kappa shape index (κ3) is 3.19. The summed E-state index contributed by atoms with van der Waals surface area (Å²) < 4.78 is 0. The number of aromatic nitrogens is 1. The van der Waals surface area contributed by atoms with Crippen molar-refractivity contribution in [2.75, 3.05) is 25.0 Å². The van der Waals surface area contributed by atoms with Crippen molar-refractivity contribution in [3.05, 3.63) is 11.1 Å². The first-order valence-electron chi connectivity index (χ1n) is 6.61. The molecule has 0 amide bonds. The Bertz CT molecular complexity index is 346. The lowest BCUT2D eigenvalue weighted by atomic mass is 9.85. The number of thiazole rings is 1. The average molecular weight is 253 g/mol. The van der Waals surface area contributed by atoms with Gasteiger partial charge in [0.1, 0.15) is 0 Å². The van der Waals surface area contributed by atoms with Gasteiger partial charge in [0, 0.05) is 30.7 Å². The SMILES string of the molecule is CCNC(C)c1cnc(N(C)CC2CCC2)s1. The topological polar surface area (TPSA) is 28.2 Å². The van der Waals surface area contributed by atoms with Crippen LogP contribution in [0.2, 0.25) is 0 Å². The highest BCUT2D eigenvalue weighted by atomic mass is 32.1. The average Bonchev–Trinajstić information content (AvgIpc) is 2.72. The fourth-order valence-electron chi connectivity index (χ4n) is 2.20. The van der Waals surface area contributed by atoms with E-state index in [0.29, 0.717) is 6.04 Å². The van der Waals surface area contributed by atoms with E-state index in [9.17, 15) is 0 Å². The van der Waals surface area contributed by atoms with Crippen molar-refractivity contribution in [2.24, 2.45) is 5.92 Å². The van der Waals surface area contributed by atoms with Gasteiger partial charge in [-0.1, -0.05) is 13.3 Å². The Balaban J connectivity index is 1.91. The molecular formula is C13H23N3S. The first-order valence-corrected chi connectivity index (χ1v) is 7.42. The number of hydrogen-bond acceptors (Lipinski definition) is 4. The van der Waals surface area contributed by atoms with Gasteiger partial charge < -0.3 is 10.2 Å². The molecule has 1 N–H and O–H groups in total. The van der Waals surface area contributed by atoms with Crippen molar-refractivity contribution in [1.29, 1.82) is 0 Å². The lowest BCUT2D eigenvalue weighted by molar-refractivity contribution is 0.321. The first kappa shape index (κ1) is 12.8. The highest BCUT2D eigenvalue weighted by Crippen LogP contribution is 2.31. The molecule has 1 aromatic rings. The largest absolute Gasteiger partial charge is 0.351 e. The lowest BCUT2D eigenvalue weighted by Gasteiger charge is -2.29. The van der Waals surface area contributed by atoms with Crippen LogP contribution in [0.5, 0.6) is 0 Å². The molecule has 1 unspecified atom stereocenters. The molecule has 2 rings (SSSR count). The molecule has 1 fully saturated rings. The molecule has 1 heterocycles. The van der Waals surface area contributed by atoms with Crippen molar-refractivity contribution in [3.8, 4) is 0 Å². The van der Waals surface area contributed by atoms with Crippen LogP contribution in [-0.2, 0) is 0 Å². The Hall–Kier alpha value is -0.610. The molecule has 1 saturated carbocycles. The Morgan fingerprint density at radius 1 is 1.59 bits per heavy atom. The van der Waals surface area contributed by atoms with Gasteiger partial charge in [0.25, 0.3) is 0 Å². The number of anilines is 1. The van der Waals surface area contributed by atoms with E-state index in [4.69, 9.17) is 0 Å². The Morgan fingerprint density at radius 3 is 2.94 bits per heavy atom. The van der Waals surface area contributed by atoms with Crippen LogP contribution in [0.15, 0.2) is 6.20 Å². The van der Waals surface area contributed by atoms with E-state index in [1.54, 1.807) is 0 Å². The predicted molar refractivity (Wildman–Crippen MR) is 74.8 cm³/mol. The summed E-state index contributed by atoms with van der Waals surface area (Å²) in [7, 11) is 2.17. The number of rotatable bonds is 6. The molecule has 1 atom stereocenters. The molecule has 0 spiro atoms. The van der Waals surface area contributed by atoms with Crippen LogP contribution in [0.4, 0.5) is 5.13 Å². The Kier molecular flexibility index (Phi) is 4.40. The zero-order valence-electron chi connectivity index (χ0n) is 11.1. The van der Waals surface area contributed by atoms with Gasteiger partial charge in [0.05, 0.1) is 0 Å². The third-order valence-electron chi connectivity index (χ3n) is 3.53. The van der Waals surface area contributed by atoms with E-state index < -0.39 is 0 Å². The van der Waals surface area contributed by atoms with Gasteiger partial charge in [-0.3, -0.25) is 0 Å². The third-order valence-corrected chi connectivity index (χ3v) is 4.83. The van der Waals surface area contributed by atoms with Crippen LogP contribution in [0.1, 0.15) is 44.0 Å². The molecule has 1 aliphatic carbocycles. The summed E-state index contributed by atoms with van der Waals surface area (Å²) in [6, 6.07) is 0.420. The maximum atomic E-state index is 4.54. The molecule has 4 heteroatoms. The molecule has 0 aliphatic heterocycles. The molecule has 96 valence electrons. The van der Waals surface area contributed by atoms with E-state index in [1.165, 1.54) is 30.7 Å². The van der Waals surface area contributed by atoms with Gasteiger partial charge >= 0.3 is 0 Å². The molecule has 0 radical (unpaired) electrons. The van der Waals surface area contributed by atoms with Crippen molar-refractivity contribution < 1.29 is 0 Å². The predicted octanol–water partition coefficient (Wildman–Crippen LogP) is 3.05. The van der Waals surface area contributed by atoms with Crippen molar-refractivity contribution >= 4 is 16.5 Å². The van der Waals surface area contributed by atoms with Gasteiger partial charge in [-0.25, -0.2) is 4.98 Å². The summed E-state index contributed by atoms with van der Waals surface area (Å²) >= 11 is 1.82. The zero-order valence-corrected chi connectivity index (χ0v) is 11.9. The van der Waals surface area contributed by atoms with E-state index in [0.717, 1.165) is 17.6 Å². The highest BCUT2D eigenvalue weighted by Gasteiger charge is 2.20. The van der Waals surface area contributed by atoms with Crippen LogP contribution < -0.4 is 10.2 Å². The Labute approximate surface area is 108 Å². The minimum Gasteiger partial charge on any atom is -0.351 e. The summed E-state index contributed by atoms with van der Waals surface area (Å²) in [6.07, 6.45) is 6.23. The Morgan fingerprint density at radius 2 is 2.35 bits per heavy atom. The van der Waals surface area contributed by atoms with E-state index in [2.05, 4.69) is 36.1 Å². The van der Waals surface area contributed by atoms with Crippen LogP contribution in [-0.4, -0.2) is 25.1 Å². The molecule has 0 saturated heterocycles. The van der Waals surface area contributed by atoms with Crippen LogP contribution >= 0.6 is 11.3 Å². The maximum absolute atomic E-state index is 4.54. The second-order valence-corrected chi connectivity index (χ2v) is 6.04. The van der Waals surface area contributed by atoms with Crippen molar-refractivity contribution in [3.63, 3.8) is 0 Å². The van der Waals surface area contributed by atoms with Gasteiger partial charge in [0.2, 0.25) is 0 Å². The van der Waals surface area contributed by atoms with Crippen molar-refractivity contribution in [2.45, 2.75) is 39.2 Å². The summed E-state index contributed by atoms with van der Waals surface area (Å²) in [6.45, 7) is 6.52. The quantitative estimate of drug-likeness (QED) is 0.844. The first-order chi connectivity index (χ1) is 8.20. The molecule has 1 aromatic heterocycles. The van der Waals surface area contributed by atoms with Crippen LogP contribution in [0, 0.1) is 5.92 Å². The fourth-order valence-corrected chi connectivity index (χ4v) is 3.11. The minimum absolute atomic E-state index is 0.420. The summed E-state index contributed by atoms with van der Waals surface area (Å²) in [4.78, 5) is 8.19. The molecule has 17 heavy (non-hydrogen) atoms. The highest BCUT2D eigenvalue weighted by molar-refractivity contribution is 7.15. The lowest BCUT2D eigenvalue weighted by Crippen LogP contribution is -2.29. The summed E-state index contributed by atoms with van der Waals surface area (Å²) in [5, 5.41) is 4.59. The number of hydrogen-bond donors (Lipinski definition) is 1. The second-order valence-electron chi connectivity index (χ2n) is 5.00. The second kappa shape index (κ2) is 5.83. The van der Waals surface area contributed by atoms with E-state index >= 15 is 0 Å². The number of nitrogens with one attached hydrogen (secondary N) is 1. The molecule has 3 nitrogen and oxygen atoms in total. The number of nitrogens with zero attached hydrogens (tertiary/aromatic N) is 2. The zero-order chi connectivity index (χ0) is 12.3. The summed E-state index contributed by atoms with van der Waals surface area (Å²) in [5.41, 5.74) is 0. The summed E-state index contributed by atoms with van der Waals surface area (Å²) in [5.74, 6) is 0.901. The maximum Gasteiger partial charge on any atom is 0.185 e. The molecular weight excluding hydrogens is 230 g/mol. The van der Waals surface area contributed by atoms with Crippen LogP contribution in [0.3, 0.4) is 0 Å². The standard InChI is InChI=1S/C13H23N3S/c1-4-14-10(2)12-8-15-13(17-12)16(3)9-11-6-5-7-11/h8,10-11,14H,4-7,9H2,1-3H3. The van der Waals surface area contributed by atoms with Gasteiger partial charge in [-0.2, -0.15) is 0 Å². The molecule has 0 bridgehead atoms.